The van der Waals surface area contributed by atoms with Gasteiger partial charge in [-0.05, 0) is 50.5 Å². The molecule has 1 amide bonds. The van der Waals surface area contributed by atoms with Gasteiger partial charge in [0.2, 0.25) is 5.91 Å². The zero-order valence-electron chi connectivity index (χ0n) is 16.4. The standard InChI is InChI=1S/C21H29NO5S/c1-2-3-12-27-21(26)17-15-10-6-7-11-16(15)28-19(17)22-18(23)13-8-4-5-9-14(13)20(24)25/h13-14H,2-12H2,1H3,(H,22,23)(H,24,25)/t13-,14-/m0/s1. The third-order valence-electron chi connectivity index (χ3n) is 5.76. The van der Waals surface area contributed by atoms with E-state index in [1.165, 1.54) is 11.3 Å². The first-order valence-electron chi connectivity index (χ1n) is 10.4. The molecule has 2 aliphatic carbocycles. The summed E-state index contributed by atoms with van der Waals surface area (Å²) in [6, 6.07) is 0. The molecule has 2 atom stereocenters. The molecule has 1 saturated carbocycles. The summed E-state index contributed by atoms with van der Waals surface area (Å²) in [6.45, 7) is 2.41. The summed E-state index contributed by atoms with van der Waals surface area (Å²) >= 11 is 1.45. The van der Waals surface area contributed by atoms with Crippen LogP contribution in [-0.2, 0) is 27.2 Å². The van der Waals surface area contributed by atoms with Crippen molar-refractivity contribution in [3.63, 3.8) is 0 Å². The van der Waals surface area contributed by atoms with Gasteiger partial charge in [0.05, 0.1) is 24.0 Å². The van der Waals surface area contributed by atoms with Gasteiger partial charge in [-0.15, -0.1) is 11.3 Å². The van der Waals surface area contributed by atoms with E-state index in [-0.39, 0.29) is 11.9 Å². The van der Waals surface area contributed by atoms with Crippen molar-refractivity contribution in [2.24, 2.45) is 11.8 Å². The van der Waals surface area contributed by atoms with Crippen molar-refractivity contribution in [2.75, 3.05) is 11.9 Å². The second-order valence-electron chi connectivity index (χ2n) is 7.73. The van der Waals surface area contributed by atoms with E-state index in [4.69, 9.17) is 4.74 Å². The van der Waals surface area contributed by atoms with Gasteiger partial charge in [0.25, 0.3) is 0 Å². The lowest BCUT2D eigenvalue weighted by Crippen LogP contribution is -2.36. The van der Waals surface area contributed by atoms with Crippen LogP contribution in [0.3, 0.4) is 0 Å². The number of ether oxygens (including phenoxy) is 1. The SMILES string of the molecule is CCCCOC(=O)c1c(NC(=O)[C@H]2CCCC[C@@H]2C(=O)O)sc2c1CCCC2. The highest BCUT2D eigenvalue weighted by Crippen LogP contribution is 2.40. The number of aliphatic carboxylic acids is 1. The molecule has 6 nitrogen and oxygen atoms in total. The molecule has 1 fully saturated rings. The molecule has 1 heterocycles. The predicted octanol–water partition coefficient (Wildman–Crippen LogP) is 4.41. The van der Waals surface area contributed by atoms with Crippen molar-refractivity contribution in [1.29, 1.82) is 0 Å². The van der Waals surface area contributed by atoms with Gasteiger partial charge >= 0.3 is 11.9 Å². The summed E-state index contributed by atoms with van der Waals surface area (Å²) in [5.41, 5.74) is 1.50. The molecule has 0 spiro atoms. The number of carboxylic acids is 1. The Labute approximate surface area is 169 Å². The molecular formula is C21H29NO5S. The number of thiophene rings is 1. The summed E-state index contributed by atoms with van der Waals surface area (Å²) in [5, 5.41) is 12.9. The highest BCUT2D eigenvalue weighted by atomic mass is 32.1. The molecule has 7 heteroatoms. The normalized spacial score (nSPS) is 21.6. The van der Waals surface area contributed by atoms with Crippen LogP contribution in [0.4, 0.5) is 5.00 Å². The highest BCUT2D eigenvalue weighted by molar-refractivity contribution is 7.17. The third kappa shape index (κ3) is 4.57. The van der Waals surface area contributed by atoms with Crippen LogP contribution in [0.15, 0.2) is 0 Å². The number of aryl methyl sites for hydroxylation is 1. The second-order valence-corrected chi connectivity index (χ2v) is 8.83. The molecule has 3 rings (SSSR count). The number of hydrogen-bond acceptors (Lipinski definition) is 5. The van der Waals surface area contributed by atoms with E-state index < -0.39 is 17.8 Å². The maximum atomic E-state index is 12.9. The first-order valence-corrected chi connectivity index (χ1v) is 11.2. The fraction of sp³-hybridized carbons (Fsp3) is 0.667. The maximum absolute atomic E-state index is 12.9. The summed E-state index contributed by atoms with van der Waals surface area (Å²) in [6.07, 6.45) is 8.37. The quantitative estimate of drug-likeness (QED) is 0.516. The van der Waals surface area contributed by atoms with Crippen LogP contribution in [0, 0.1) is 11.8 Å². The molecule has 2 aliphatic rings. The van der Waals surface area contributed by atoms with Gasteiger partial charge in [0.15, 0.2) is 0 Å². The number of carbonyl (C=O) groups is 3. The number of esters is 1. The Balaban J connectivity index is 1.82. The van der Waals surface area contributed by atoms with E-state index >= 15 is 0 Å². The largest absolute Gasteiger partial charge is 0.481 e. The highest BCUT2D eigenvalue weighted by Gasteiger charge is 2.37. The van der Waals surface area contributed by atoms with E-state index in [1.54, 1.807) is 0 Å². The molecule has 0 aliphatic heterocycles. The molecule has 2 N–H and O–H groups in total. The van der Waals surface area contributed by atoms with E-state index in [1.807, 2.05) is 6.92 Å². The van der Waals surface area contributed by atoms with Crippen molar-refractivity contribution in [3.8, 4) is 0 Å². The minimum atomic E-state index is -0.912. The lowest BCUT2D eigenvalue weighted by atomic mass is 9.78. The summed E-state index contributed by atoms with van der Waals surface area (Å²) in [7, 11) is 0. The van der Waals surface area contributed by atoms with Crippen LogP contribution < -0.4 is 5.32 Å². The molecule has 0 unspecified atom stereocenters. The number of unbranched alkanes of at least 4 members (excludes halogenated alkanes) is 1. The number of nitrogens with one attached hydrogen (secondary N) is 1. The maximum Gasteiger partial charge on any atom is 0.341 e. The lowest BCUT2D eigenvalue weighted by Gasteiger charge is -2.27. The fourth-order valence-corrected chi connectivity index (χ4v) is 5.48. The lowest BCUT2D eigenvalue weighted by molar-refractivity contribution is -0.147. The third-order valence-corrected chi connectivity index (χ3v) is 6.97. The van der Waals surface area contributed by atoms with Crippen LogP contribution in [-0.4, -0.2) is 29.6 Å². The Bertz CT molecular complexity index is 741. The van der Waals surface area contributed by atoms with E-state index in [9.17, 15) is 19.5 Å². The first-order chi connectivity index (χ1) is 13.5. The number of rotatable bonds is 7. The Morgan fingerprint density at radius 3 is 2.54 bits per heavy atom. The van der Waals surface area contributed by atoms with Gasteiger partial charge in [-0.2, -0.15) is 0 Å². The Kier molecular flexibility index (Phi) is 7.10. The smallest absolute Gasteiger partial charge is 0.341 e. The summed E-state index contributed by atoms with van der Waals surface area (Å²) in [4.78, 5) is 38.3. The Hall–Kier alpha value is -1.89. The van der Waals surface area contributed by atoms with E-state index in [0.717, 1.165) is 61.8 Å². The molecule has 0 radical (unpaired) electrons. The molecule has 1 aromatic heterocycles. The molecule has 0 bridgehead atoms. The molecule has 0 aromatic carbocycles. The van der Waals surface area contributed by atoms with Crippen LogP contribution >= 0.6 is 11.3 Å². The van der Waals surface area contributed by atoms with E-state index in [2.05, 4.69) is 5.32 Å². The van der Waals surface area contributed by atoms with Crippen molar-refractivity contribution in [2.45, 2.75) is 71.1 Å². The fourth-order valence-electron chi connectivity index (χ4n) is 4.20. The van der Waals surface area contributed by atoms with E-state index in [0.29, 0.717) is 30.0 Å². The summed E-state index contributed by atoms with van der Waals surface area (Å²) in [5.74, 6) is -2.77. The van der Waals surface area contributed by atoms with Crippen LogP contribution in [0.25, 0.3) is 0 Å². The first kappa shape index (κ1) is 20.8. The number of carbonyl (C=O) groups excluding carboxylic acids is 2. The zero-order chi connectivity index (χ0) is 20.1. The minimum Gasteiger partial charge on any atom is -0.481 e. The number of hydrogen-bond donors (Lipinski definition) is 2. The number of anilines is 1. The second kappa shape index (κ2) is 9.54. The van der Waals surface area contributed by atoms with Crippen LogP contribution in [0.5, 0.6) is 0 Å². The van der Waals surface area contributed by atoms with Gasteiger partial charge in [-0.1, -0.05) is 26.2 Å². The van der Waals surface area contributed by atoms with Gasteiger partial charge < -0.3 is 15.2 Å². The van der Waals surface area contributed by atoms with Gasteiger partial charge in [-0.25, -0.2) is 4.79 Å². The minimum absolute atomic E-state index is 0.284. The number of carboxylic acid groups (broad SMARTS) is 1. The number of amides is 1. The average molecular weight is 408 g/mol. The molecule has 0 saturated heterocycles. The van der Waals surface area contributed by atoms with Gasteiger partial charge in [-0.3, -0.25) is 9.59 Å². The average Bonchev–Trinajstić information content (AvgIpc) is 3.05. The Morgan fingerprint density at radius 2 is 1.82 bits per heavy atom. The number of fused-ring (bicyclic) bond motifs is 1. The van der Waals surface area contributed by atoms with Gasteiger partial charge in [0, 0.05) is 4.88 Å². The summed E-state index contributed by atoms with van der Waals surface area (Å²) < 4.78 is 5.44. The van der Waals surface area contributed by atoms with Crippen molar-refractivity contribution >= 4 is 34.2 Å². The van der Waals surface area contributed by atoms with Crippen molar-refractivity contribution in [1.82, 2.24) is 0 Å². The van der Waals surface area contributed by atoms with Crippen LogP contribution in [0.1, 0.15) is 79.1 Å². The molecule has 154 valence electrons. The molecule has 1 aromatic rings. The molecule has 28 heavy (non-hydrogen) atoms. The predicted molar refractivity (Wildman–Crippen MR) is 108 cm³/mol. The Morgan fingerprint density at radius 1 is 1.11 bits per heavy atom. The monoisotopic (exact) mass is 407 g/mol. The van der Waals surface area contributed by atoms with Gasteiger partial charge in [0.1, 0.15) is 5.00 Å². The topological polar surface area (TPSA) is 92.7 Å². The van der Waals surface area contributed by atoms with Crippen LogP contribution in [0.2, 0.25) is 0 Å². The zero-order valence-corrected chi connectivity index (χ0v) is 17.2. The molecular weight excluding hydrogens is 378 g/mol. The van der Waals surface area contributed by atoms with Crippen molar-refractivity contribution < 1.29 is 24.2 Å². The van der Waals surface area contributed by atoms with Crippen molar-refractivity contribution in [3.05, 3.63) is 16.0 Å².